The summed E-state index contributed by atoms with van der Waals surface area (Å²) in [5.41, 5.74) is 5.61. The summed E-state index contributed by atoms with van der Waals surface area (Å²) in [5, 5.41) is 25.2. The number of hydrogen-bond acceptors (Lipinski definition) is 3. The van der Waals surface area contributed by atoms with Gasteiger partial charge >= 0.3 is 0 Å². The minimum atomic E-state index is -2.44. The summed E-state index contributed by atoms with van der Waals surface area (Å²) in [6.07, 6.45) is 22.1. The summed E-state index contributed by atoms with van der Waals surface area (Å²) in [5.74, 6) is 0.320. The minimum Gasteiger partial charge on any atom is -0.860 e. The monoisotopic (exact) mass is 899 g/mol. The maximum absolute atomic E-state index is 11.7. The second-order valence-corrected chi connectivity index (χ2v) is 18.8. The van der Waals surface area contributed by atoms with E-state index in [0.717, 1.165) is 44.2 Å². The molecule has 0 atom stereocenters. The van der Waals surface area contributed by atoms with E-state index in [1.54, 1.807) is 0 Å². The third kappa shape index (κ3) is 18.3. The molecule has 0 aliphatic heterocycles. The van der Waals surface area contributed by atoms with Gasteiger partial charge in [-0.3, -0.25) is 0 Å². The smallest absolute Gasteiger partial charge is 0.133 e. The Morgan fingerprint density at radius 1 is 0.333 bits per heavy atom. The molecule has 0 radical (unpaired) electrons. The second kappa shape index (κ2) is 32.7. The predicted octanol–water partition coefficient (Wildman–Crippen LogP) is 14.9. The molecule has 5 rings (SSSR count). The fourth-order valence-corrected chi connectivity index (χ4v) is 9.59. The van der Waals surface area contributed by atoms with Gasteiger partial charge in [-0.2, -0.15) is 0 Å². The molecule has 0 unspecified atom stereocenters. The van der Waals surface area contributed by atoms with E-state index >= 15 is 0 Å². The summed E-state index contributed by atoms with van der Waals surface area (Å²) in [6, 6.07) is 37.7. The fraction of sp³-hybridized carbons (Fsp3) is 0.533. The van der Waals surface area contributed by atoms with Gasteiger partial charge < -0.3 is 23.7 Å². The highest BCUT2D eigenvalue weighted by atomic mass is 16.6. The number of quaternary nitrogens is 2. The molecule has 66 heavy (non-hydrogen) atoms. The van der Waals surface area contributed by atoms with Crippen LogP contribution < -0.4 is 14.7 Å². The lowest BCUT2D eigenvalue weighted by atomic mass is 9.83. The lowest BCUT2D eigenvalue weighted by molar-refractivity contribution is -0.929. The van der Waals surface area contributed by atoms with Gasteiger partial charge in [-0.05, 0) is 79.0 Å². The van der Waals surface area contributed by atoms with Crippen LogP contribution in [0.3, 0.4) is 0 Å². The molecule has 0 aromatic heterocycles. The molecule has 362 valence electrons. The van der Waals surface area contributed by atoms with Crippen LogP contribution in [0.15, 0.2) is 115 Å². The van der Waals surface area contributed by atoms with Gasteiger partial charge in [0.2, 0.25) is 0 Å². The molecule has 5 aromatic carbocycles. The molecule has 0 amide bonds. The van der Waals surface area contributed by atoms with Crippen LogP contribution >= 0.6 is 0 Å². The first-order valence-electron chi connectivity index (χ1n) is 26.7. The standard InChI is InChI=1S/C28H19BO3.2C16H36N/c30-29(31)32-28-24-19-11-10-18-23(24)25(20-12-4-1-5-13-20)26(21-14-6-2-7-15-21)27(28)22-16-8-3-9-17-22;2*1-5-9-13-17(14-10-6-2,15-11-7-3)16-12-8-4/h1-19H;2*5-16H2,1-4H3/q-2;2*+1. The van der Waals surface area contributed by atoms with Gasteiger partial charge in [-0.25, -0.2) is 0 Å². The van der Waals surface area contributed by atoms with Crippen molar-refractivity contribution in [3.05, 3.63) is 115 Å². The first-order chi connectivity index (χ1) is 32.2. The molecule has 0 aliphatic carbocycles. The fourth-order valence-electron chi connectivity index (χ4n) is 9.59. The SMILES string of the molecule is CCCC[N+](CCCC)(CCCC)CCCC.CCCC[N+](CCCC)(CCCC)CCCC.[O-]B([O-])Oc1c(-c2ccccc2)c(-c2ccccc2)c(-c2ccccc2)c2ccccc12. The lowest BCUT2D eigenvalue weighted by Crippen LogP contribution is -2.50. The molecule has 0 heterocycles. The number of benzene rings is 5. The van der Waals surface area contributed by atoms with Gasteiger partial charge in [0.25, 0.3) is 0 Å². The Labute approximate surface area is 405 Å². The summed E-state index contributed by atoms with van der Waals surface area (Å²) < 4.78 is 8.29. The highest BCUT2D eigenvalue weighted by molar-refractivity contribution is 6.31. The number of nitrogens with zero attached hydrogens (tertiary/aromatic N) is 2. The van der Waals surface area contributed by atoms with Crippen molar-refractivity contribution in [2.75, 3.05) is 52.4 Å². The van der Waals surface area contributed by atoms with Crippen molar-refractivity contribution in [2.24, 2.45) is 0 Å². The molecule has 0 aliphatic rings. The largest absolute Gasteiger partial charge is 0.860 e. The number of fused-ring (bicyclic) bond motifs is 1. The zero-order valence-electron chi connectivity index (χ0n) is 43.1. The predicted molar refractivity (Wildman–Crippen MR) is 285 cm³/mol. The van der Waals surface area contributed by atoms with E-state index in [1.165, 1.54) is 164 Å². The van der Waals surface area contributed by atoms with Crippen molar-refractivity contribution in [3.8, 4) is 39.1 Å². The molecule has 0 fully saturated rings. The third-order valence-corrected chi connectivity index (χ3v) is 13.5. The summed E-state index contributed by atoms with van der Waals surface area (Å²) in [6.45, 7) is 30.0. The summed E-state index contributed by atoms with van der Waals surface area (Å²) in [4.78, 5) is 0. The van der Waals surface area contributed by atoms with E-state index in [9.17, 15) is 10.0 Å². The molecular formula is C60H91BN2O3. The van der Waals surface area contributed by atoms with Gasteiger partial charge in [0, 0.05) is 16.5 Å². The van der Waals surface area contributed by atoms with E-state index in [0.29, 0.717) is 5.75 Å². The zero-order valence-corrected chi connectivity index (χ0v) is 43.1. The second-order valence-electron chi connectivity index (χ2n) is 18.8. The highest BCUT2D eigenvalue weighted by Crippen LogP contribution is 2.50. The van der Waals surface area contributed by atoms with Crippen molar-refractivity contribution in [3.63, 3.8) is 0 Å². The van der Waals surface area contributed by atoms with Crippen molar-refractivity contribution in [1.29, 1.82) is 0 Å². The molecule has 0 N–H and O–H groups in total. The molecule has 5 nitrogen and oxygen atoms in total. The molecular weight excluding hydrogens is 807 g/mol. The van der Waals surface area contributed by atoms with Crippen LogP contribution in [0.25, 0.3) is 44.2 Å². The summed E-state index contributed by atoms with van der Waals surface area (Å²) in [7, 11) is -2.44. The Kier molecular flexibility index (Phi) is 27.9. The van der Waals surface area contributed by atoms with Gasteiger partial charge in [0.05, 0.1) is 52.4 Å². The Bertz CT molecular complexity index is 1860. The highest BCUT2D eigenvalue weighted by Gasteiger charge is 2.27. The maximum Gasteiger partial charge on any atom is 0.133 e. The summed E-state index contributed by atoms with van der Waals surface area (Å²) >= 11 is 0. The van der Waals surface area contributed by atoms with Gasteiger partial charge in [0.15, 0.2) is 0 Å². The van der Waals surface area contributed by atoms with E-state index in [1.807, 2.05) is 103 Å². The van der Waals surface area contributed by atoms with Crippen molar-refractivity contribution in [1.82, 2.24) is 0 Å². The molecule has 5 aromatic rings. The minimum absolute atomic E-state index is 0.320. The molecule has 0 bridgehead atoms. The van der Waals surface area contributed by atoms with E-state index in [-0.39, 0.29) is 0 Å². The first kappa shape index (κ1) is 56.4. The van der Waals surface area contributed by atoms with Crippen LogP contribution in [0.1, 0.15) is 158 Å². The lowest BCUT2D eigenvalue weighted by Gasteiger charge is -2.39. The normalized spacial score (nSPS) is 11.4. The quantitative estimate of drug-likeness (QED) is 0.0355. The van der Waals surface area contributed by atoms with Crippen molar-refractivity contribution < 1.29 is 23.7 Å². The van der Waals surface area contributed by atoms with E-state index in [2.05, 4.69) is 67.5 Å². The Balaban J connectivity index is 0.000000291. The van der Waals surface area contributed by atoms with Gasteiger partial charge in [-0.1, -0.05) is 222 Å². The Morgan fingerprint density at radius 2 is 0.591 bits per heavy atom. The zero-order chi connectivity index (χ0) is 47.9. The first-order valence-corrected chi connectivity index (χ1v) is 26.7. The van der Waals surface area contributed by atoms with Crippen molar-refractivity contribution in [2.45, 2.75) is 158 Å². The molecule has 0 saturated carbocycles. The van der Waals surface area contributed by atoms with Crippen LogP contribution in [-0.2, 0) is 0 Å². The maximum atomic E-state index is 11.7. The average molecular weight is 899 g/mol. The van der Waals surface area contributed by atoms with Gasteiger partial charge in [0.1, 0.15) is 13.1 Å². The van der Waals surface area contributed by atoms with E-state index < -0.39 is 7.32 Å². The van der Waals surface area contributed by atoms with Crippen LogP contribution in [0.4, 0.5) is 0 Å². The van der Waals surface area contributed by atoms with Crippen LogP contribution in [0, 0.1) is 0 Å². The van der Waals surface area contributed by atoms with Gasteiger partial charge in [-0.15, -0.1) is 0 Å². The number of rotatable bonds is 29. The molecule has 0 saturated heterocycles. The molecule has 6 heteroatoms. The topological polar surface area (TPSA) is 55.3 Å². The van der Waals surface area contributed by atoms with Crippen molar-refractivity contribution >= 4 is 18.1 Å². The van der Waals surface area contributed by atoms with Crippen LogP contribution in [0.2, 0.25) is 0 Å². The molecule has 0 spiro atoms. The Hall–Kier alpha value is -3.94. The average Bonchev–Trinajstić information content (AvgIpc) is 3.36. The van der Waals surface area contributed by atoms with E-state index in [4.69, 9.17) is 4.65 Å². The van der Waals surface area contributed by atoms with Crippen LogP contribution in [0.5, 0.6) is 5.75 Å². The van der Waals surface area contributed by atoms with Crippen LogP contribution in [-0.4, -0.2) is 68.6 Å². The number of unbranched alkanes of at least 4 members (excludes halogenated alkanes) is 8. The number of hydrogen-bond donors (Lipinski definition) is 0. The third-order valence-electron chi connectivity index (χ3n) is 13.5. The Morgan fingerprint density at radius 3 is 0.879 bits per heavy atom.